The van der Waals surface area contributed by atoms with Gasteiger partial charge in [0, 0.05) is 25.9 Å². The highest BCUT2D eigenvalue weighted by molar-refractivity contribution is 7.80. The third kappa shape index (κ3) is 4.28. The van der Waals surface area contributed by atoms with Crippen molar-refractivity contribution in [2.75, 3.05) is 25.7 Å². The number of hydrogen-bond donors (Lipinski definition) is 1. The first-order chi connectivity index (χ1) is 8.04. The fourth-order valence-corrected chi connectivity index (χ4v) is 1.69. The van der Waals surface area contributed by atoms with Crippen LogP contribution < -0.4 is 10.2 Å². The molecule has 17 heavy (non-hydrogen) atoms. The van der Waals surface area contributed by atoms with Gasteiger partial charge in [-0.1, -0.05) is 0 Å². The van der Waals surface area contributed by atoms with Gasteiger partial charge in [-0.05, 0) is 43.4 Å². The minimum atomic E-state index is -0.256. The average molecular weight is 256 g/mol. The van der Waals surface area contributed by atoms with Crippen LogP contribution in [0, 0.1) is 5.82 Å². The Bertz CT molecular complexity index is 369. The number of anilines is 1. The van der Waals surface area contributed by atoms with Crippen molar-refractivity contribution < 1.29 is 9.13 Å². The molecule has 1 unspecified atom stereocenters. The Morgan fingerprint density at radius 2 is 2.06 bits per heavy atom. The van der Waals surface area contributed by atoms with Gasteiger partial charge in [-0.3, -0.25) is 0 Å². The highest BCUT2D eigenvalue weighted by atomic mass is 32.1. The van der Waals surface area contributed by atoms with Gasteiger partial charge in [0.05, 0.1) is 6.61 Å². The van der Waals surface area contributed by atoms with E-state index in [1.165, 1.54) is 12.1 Å². The van der Waals surface area contributed by atoms with Gasteiger partial charge in [-0.25, -0.2) is 4.39 Å². The molecular formula is C12H17FN2OS. The summed E-state index contributed by atoms with van der Waals surface area (Å²) in [6, 6.07) is 6.32. The topological polar surface area (TPSA) is 24.5 Å². The predicted molar refractivity (Wildman–Crippen MR) is 71.9 cm³/mol. The van der Waals surface area contributed by atoms with Crippen LogP contribution in [-0.2, 0) is 4.74 Å². The van der Waals surface area contributed by atoms with E-state index in [9.17, 15) is 4.39 Å². The SMILES string of the molecule is COCC(C)NC(=S)N(C)c1ccc(F)cc1. The normalized spacial score (nSPS) is 12.0. The summed E-state index contributed by atoms with van der Waals surface area (Å²) < 4.78 is 17.8. The van der Waals surface area contributed by atoms with Crippen LogP contribution in [0.1, 0.15) is 6.92 Å². The number of nitrogens with zero attached hydrogens (tertiary/aromatic N) is 1. The van der Waals surface area contributed by atoms with Crippen LogP contribution in [-0.4, -0.2) is 31.9 Å². The van der Waals surface area contributed by atoms with Crippen molar-refractivity contribution in [2.24, 2.45) is 0 Å². The third-order valence-electron chi connectivity index (χ3n) is 2.31. The molecule has 0 aliphatic heterocycles. The van der Waals surface area contributed by atoms with Gasteiger partial charge in [-0.2, -0.15) is 0 Å². The van der Waals surface area contributed by atoms with E-state index in [-0.39, 0.29) is 11.9 Å². The zero-order chi connectivity index (χ0) is 12.8. The molecule has 3 nitrogen and oxygen atoms in total. The van der Waals surface area contributed by atoms with Crippen LogP contribution in [0.5, 0.6) is 0 Å². The van der Waals surface area contributed by atoms with Gasteiger partial charge in [0.15, 0.2) is 5.11 Å². The molecule has 1 aromatic carbocycles. The lowest BCUT2D eigenvalue weighted by molar-refractivity contribution is 0.179. The molecule has 5 heteroatoms. The fourth-order valence-electron chi connectivity index (χ4n) is 1.38. The Labute approximate surface area is 107 Å². The molecule has 1 N–H and O–H groups in total. The first kappa shape index (κ1) is 13.9. The molecule has 1 atom stereocenters. The third-order valence-corrected chi connectivity index (χ3v) is 2.70. The smallest absolute Gasteiger partial charge is 0.173 e. The van der Waals surface area contributed by atoms with Crippen LogP contribution in [0.3, 0.4) is 0 Å². The Hall–Kier alpha value is -1.20. The second-order valence-corrected chi connectivity index (χ2v) is 4.23. The second-order valence-electron chi connectivity index (χ2n) is 3.84. The summed E-state index contributed by atoms with van der Waals surface area (Å²) in [4.78, 5) is 1.79. The number of halogens is 1. The molecule has 0 fully saturated rings. The van der Waals surface area contributed by atoms with E-state index in [1.807, 2.05) is 14.0 Å². The highest BCUT2D eigenvalue weighted by Crippen LogP contribution is 2.13. The van der Waals surface area contributed by atoms with Gasteiger partial charge < -0.3 is 15.0 Å². The highest BCUT2D eigenvalue weighted by Gasteiger charge is 2.09. The van der Waals surface area contributed by atoms with Gasteiger partial charge >= 0.3 is 0 Å². The molecule has 0 spiro atoms. The molecule has 0 bridgehead atoms. The van der Waals surface area contributed by atoms with Crippen LogP contribution in [0.15, 0.2) is 24.3 Å². The van der Waals surface area contributed by atoms with Crippen molar-refractivity contribution in [3.05, 3.63) is 30.1 Å². The number of methoxy groups -OCH3 is 1. The van der Waals surface area contributed by atoms with Crippen molar-refractivity contribution in [3.63, 3.8) is 0 Å². The van der Waals surface area contributed by atoms with Crippen LogP contribution >= 0.6 is 12.2 Å². The molecule has 0 saturated heterocycles. The molecular weight excluding hydrogens is 239 g/mol. The maximum absolute atomic E-state index is 12.8. The number of nitrogens with one attached hydrogen (secondary N) is 1. The number of ether oxygens (including phenoxy) is 1. The summed E-state index contributed by atoms with van der Waals surface area (Å²) >= 11 is 5.25. The van der Waals surface area contributed by atoms with Gasteiger partial charge in [0.2, 0.25) is 0 Å². The van der Waals surface area contributed by atoms with E-state index in [0.29, 0.717) is 11.7 Å². The second kappa shape index (κ2) is 6.51. The molecule has 0 aromatic heterocycles. The fraction of sp³-hybridized carbons (Fsp3) is 0.417. The summed E-state index contributed by atoms with van der Waals surface area (Å²) in [5.74, 6) is -0.256. The molecule has 0 saturated carbocycles. The minimum absolute atomic E-state index is 0.135. The predicted octanol–water partition coefficient (Wildman–Crippen LogP) is 2.17. The molecule has 1 aromatic rings. The molecule has 1 rings (SSSR count). The van der Waals surface area contributed by atoms with Crippen molar-refractivity contribution >= 4 is 23.0 Å². The van der Waals surface area contributed by atoms with E-state index < -0.39 is 0 Å². The molecule has 0 aliphatic rings. The van der Waals surface area contributed by atoms with Crippen molar-refractivity contribution in [2.45, 2.75) is 13.0 Å². The summed E-state index contributed by atoms with van der Waals surface area (Å²) in [5.41, 5.74) is 0.841. The van der Waals surface area contributed by atoms with Crippen LogP contribution in [0.25, 0.3) is 0 Å². The lowest BCUT2D eigenvalue weighted by Crippen LogP contribution is -2.43. The quantitative estimate of drug-likeness (QED) is 0.835. The lowest BCUT2D eigenvalue weighted by Gasteiger charge is -2.24. The lowest BCUT2D eigenvalue weighted by atomic mass is 10.3. The maximum Gasteiger partial charge on any atom is 0.173 e. The number of benzene rings is 1. The van der Waals surface area contributed by atoms with Gasteiger partial charge in [0.1, 0.15) is 5.82 Å². The number of hydrogen-bond acceptors (Lipinski definition) is 2. The summed E-state index contributed by atoms with van der Waals surface area (Å²) in [5, 5.41) is 3.72. The first-order valence-corrected chi connectivity index (χ1v) is 5.74. The Balaban J connectivity index is 2.60. The molecule has 0 amide bonds. The van der Waals surface area contributed by atoms with Crippen molar-refractivity contribution in [1.29, 1.82) is 0 Å². The number of rotatable bonds is 4. The zero-order valence-corrected chi connectivity index (χ0v) is 11.1. The summed E-state index contributed by atoms with van der Waals surface area (Å²) in [6.45, 7) is 2.56. The largest absolute Gasteiger partial charge is 0.383 e. The standard InChI is InChI=1S/C12H17FN2OS/c1-9(8-16-3)14-12(17)15(2)11-6-4-10(13)5-7-11/h4-7,9H,8H2,1-3H3,(H,14,17). The van der Waals surface area contributed by atoms with Crippen LogP contribution in [0.4, 0.5) is 10.1 Å². The molecule has 0 radical (unpaired) electrons. The van der Waals surface area contributed by atoms with E-state index in [2.05, 4.69) is 5.32 Å². The van der Waals surface area contributed by atoms with Crippen molar-refractivity contribution in [1.82, 2.24) is 5.32 Å². The van der Waals surface area contributed by atoms with E-state index in [0.717, 1.165) is 5.69 Å². The van der Waals surface area contributed by atoms with E-state index in [4.69, 9.17) is 17.0 Å². The van der Waals surface area contributed by atoms with E-state index in [1.54, 1.807) is 24.1 Å². The van der Waals surface area contributed by atoms with E-state index >= 15 is 0 Å². The zero-order valence-electron chi connectivity index (χ0n) is 10.2. The Morgan fingerprint density at radius 3 is 2.59 bits per heavy atom. The van der Waals surface area contributed by atoms with Crippen molar-refractivity contribution in [3.8, 4) is 0 Å². The first-order valence-electron chi connectivity index (χ1n) is 5.33. The van der Waals surface area contributed by atoms with Crippen LogP contribution in [0.2, 0.25) is 0 Å². The minimum Gasteiger partial charge on any atom is -0.383 e. The van der Waals surface area contributed by atoms with Gasteiger partial charge in [-0.15, -0.1) is 0 Å². The molecule has 0 heterocycles. The monoisotopic (exact) mass is 256 g/mol. The molecule has 94 valence electrons. The summed E-state index contributed by atoms with van der Waals surface area (Å²) in [7, 11) is 3.48. The Morgan fingerprint density at radius 1 is 1.47 bits per heavy atom. The Kier molecular flexibility index (Phi) is 5.31. The average Bonchev–Trinajstić information content (AvgIpc) is 2.29. The summed E-state index contributed by atoms with van der Waals surface area (Å²) in [6.07, 6.45) is 0. The number of thiocarbonyl (C=S) groups is 1. The van der Waals surface area contributed by atoms with Gasteiger partial charge in [0.25, 0.3) is 0 Å². The molecule has 0 aliphatic carbocycles. The maximum atomic E-state index is 12.8.